The minimum atomic E-state index is -1.04. The van der Waals surface area contributed by atoms with Crippen LogP contribution < -0.4 is 10.6 Å². The van der Waals surface area contributed by atoms with Crippen LogP contribution in [0.2, 0.25) is 0 Å². The first-order chi connectivity index (χ1) is 18.1. The Morgan fingerprint density at radius 1 is 1.08 bits per heavy atom. The van der Waals surface area contributed by atoms with E-state index < -0.39 is 41.7 Å². The Morgan fingerprint density at radius 3 is 2.53 bits per heavy atom. The Hall–Kier alpha value is -3.82. The summed E-state index contributed by atoms with van der Waals surface area (Å²) in [4.78, 5) is 47.6. The molecule has 1 unspecified atom stereocenters. The molecule has 3 rings (SSSR count). The Bertz CT molecular complexity index is 1150. The highest BCUT2D eigenvalue weighted by atomic mass is 19.1. The zero-order chi connectivity index (χ0) is 27.7. The third-order valence-electron chi connectivity index (χ3n) is 6.40. The maximum absolute atomic E-state index is 13.8. The quantitative estimate of drug-likeness (QED) is 0.315. The Labute approximate surface area is 219 Å². The van der Waals surface area contributed by atoms with E-state index in [2.05, 4.69) is 10.6 Å². The molecule has 1 aliphatic heterocycles. The zero-order valence-corrected chi connectivity index (χ0v) is 21.2. The standard InChI is InChI=1S/C28H32F2N2O6/c1-17(13-20-16-21(29)10-11-23(20)30)14-22(33)5-3-2-4-12-31-26(34)25-24(32-28(37)38-25)15-18-6-8-19(9-7-18)27(35)36/h6-11,16-17,24-25H,2-5,12-15H2,1H3,(H,31,34)(H,32,37)(H,35,36)/t17?,24-,25+/m1/s1. The second kappa shape index (κ2) is 13.6. The number of hydrogen-bond acceptors (Lipinski definition) is 5. The summed E-state index contributed by atoms with van der Waals surface area (Å²) in [5, 5.41) is 14.4. The van der Waals surface area contributed by atoms with E-state index in [1.54, 1.807) is 12.1 Å². The van der Waals surface area contributed by atoms with Gasteiger partial charge in [-0.05, 0) is 73.1 Å². The number of aromatic carboxylic acids is 1. The lowest BCUT2D eigenvalue weighted by molar-refractivity contribution is -0.128. The van der Waals surface area contributed by atoms with Crippen LogP contribution in [0.1, 0.15) is 60.5 Å². The fraction of sp³-hybridized carbons (Fsp3) is 0.429. The van der Waals surface area contributed by atoms with Gasteiger partial charge in [0, 0.05) is 19.4 Å². The topological polar surface area (TPSA) is 122 Å². The van der Waals surface area contributed by atoms with E-state index in [0.29, 0.717) is 38.6 Å². The number of ether oxygens (including phenoxy) is 1. The summed E-state index contributed by atoms with van der Waals surface area (Å²) in [6, 6.07) is 8.91. The van der Waals surface area contributed by atoms with Crippen molar-refractivity contribution in [2.24, 2.45) is 5.92 Å². The van der Waals surface area contributed by atoms with Crippen LogP contribution in [0.4, 0.5) is 13.6 Å². The molecule has 3 N–H and O–H groups in total. The number of benzene rings is 2. The van der Waals surface area contributed by atoms with Gasteiger partial charge >= 0.3 is 12.1 Å². The predicted octanol–water partition coefficient (Wildman–Crippen LogP) is 4.20. The highest BCUT2D eigenvalue weighted by Gasteiger charge is 2.39. The van der Waals surface area contributed by atoms with Crippen molar-refractivity contribution in [2.75, 3.05) is 6.54 Å². The molecule has 1 fully saturated rings. The Kier molecular flexibility index (Phi) is 10.3. The van der Waals surface area contributed by atoms with Gasteiger partial charge in [-0.15, -0.1) is 0 Å². The van der Waals surface area contributed by atoms with Crippen LogP contribution in [0.5, 0.6) is 0 Å². The summed E-state index contributed by atoms with van der Waals surface area (Å²) in [5.74, 6) is -2.49. The lowest BCUT2D eigenvalue weighted by Gasteiger charge is -2.17. The number of unbranched alkanes of at least 4 members (excludes halogenated alkanes) is 2. The van der Waals surface area contributed by atoms with Gasteiger partial charge in [0.1, 0.15) is 17.4 Å². The number of amides is 2. The average molecular weight is 531 g/mol. The van der Waals surface area contributed by atoms with E-state index in [-0.39, 0.29) is 35.7 Å². The van der Waals surface area contributed by atoms with Crippen LogP contribution in [0.15, 0.2) is 42.5 Å². The molecular formula is C28H32F2N2O6. The van der Waals surface area contributed by atoms with Crippen molar-refractivity contribution in [1.29, 1.82) is 0 Å². The molecule has 3 atom stereocenters. The number of halogens is 2. The molecular weight excluding hydrogens is 498 g/mol. The molecule has 0 bridgehead atoms. The molecule has 1 heterocycles. The van der Waals surface area contributed by atoms with E-state index in [1.165, 1.54) is 12.1 Å². The van der Waals surface area contributed by atoms with Crippen LogP contribution in [0, 0.1) is 17.6 Å². The summed E-state index contributed by atoms with van der Waals surface area (Å²) >= 11 is 0. The highest BCUT2D eigenvalue weighted by Crippen LogP contribution is 2.19. The summed E-state index contributed by atoms with van der Waals surface area (Å²) in [6.45, 7) is 2.19. The predicted molar refractivity (Wildman–Crippen MR) is 135 cm³/mol. The van der Waals surface area contributed by atoms with Crippen molar-refractivity contribution in [2.45, 2.75) is 64.0 Å². The molecule has 0 radical (unpaired) electrons. The summed E-state index contributed by atoms with van der Waals surface area (Å²) in [5.41, 5.74) is 1.16. The lowest BCUT2D eigenvalue weighted by atomic mass is 9.94. The molecule has 2 amide bonds. The number of carbonyl (C=O) groups is 4. The van der Waals surface area contributed by atoms with Gasteiger partial charge < -0.3 is 20.5 Å². The van der Waals surface area contributed by atoms with Gasteiger partial charge in [-0.25, -0.2) is 18.4 Å². The first-order valence-electron chi connectivity index (χ1n) is 12.6. The van der Waals surface area contributed by atoms with E-state index in [4.69, 9.17) is 9.84 Å². The third-order valence-corrected chi connectivity index (χ3v) is 6.40. The number of cyclic esters (lactones) is 1. The van der Waals surface area contributed by atoms with Crippen molar-refractivity contribution >= 4 is 23.8 Å². The number of carboxylic acids is 1. The van der Waals surface area contributed by atoms with Crippen LogP contribution in [-0.4, -0.2) is 47.6 Å². The summed E-state index contributed by atoms with van der Waals surface area (Å²) in [6.07, 6.45) is 1.54. The summed E-state index contributed by atoms with van der Waals surface area (Å²) < 4.78 is 32.2. The fourth-order valence-electron chi connectivity index (χ4n) is 4.46. The monoisotopic (exact) mass is 530 g/mol. The molecule has 0 saturated carbocycles. The molecule has 2 aromatic carbocycles. The molecule has 10 heteroatoms. The van der Waals surface area contributed by atoms with Gasteiger partial charge in [-0.2, -0.15) is 0 Å². The van der Waals surface area contributed by atoms with Crippen molar-refractivity contribution < 1.29 is 37.8 Å². The number of carboxylic acid groups (broad SMARTS) is 1. The molecule has 2 aromatic rings. The average Bonchev–Trinajstić information content (AvgIpc) is 3.23. The van der Waals surface area contributed by atoms with Gasteiger partial charge in [0.05, 0.1) is 11.6 Å². The molecule has 0 spiro atoms. The first-order valence-corrected chi connectivity index (χ1v) is 12.6. The molecule has 0 aromatic heterocycles. The number of alkyl carbamates (subject to hydrolysis) is 1. The second-order valence-electron chi connectivity index (χ2n) is 9.67. The van der Waals surface area contributed by atoms with Gasteiger partial charge in [0.2, 0.25) is 6.10 Å². The number of carbonyl (C=O) groups excluding carboxylic acids is 3. The molecule has 38 heavy (non-hydrogen) atoms. The normalized spacial score (nSPS) is 17.4. The third kappa shape index (κ3) is 8.64. The number of rotatable bonds is 14. The van der Waals surface area contributed by atoms with Crippen molar-refractivity contribution in [3.05, 3.63) is 70.8 Å². The first kappa shape index (κ1) is 28.7. The van der Waals surface area contributed by atoms with Crippen LogP contribution in [0.3, 0.4) is 0 Å². The maximum Gasteiger partial charge on any atom is 0.408 e. The number of hydrogen-bond donors (Lipinski definition) is 3. The van der Waals surface area contributed by atoms with E-state index in [9.17, 15) is 28.0 Å². The van der Waals surface area contributed by atoms with Gasteiger partial charge in [-0.3, -0.25) is 9.59 Å². The molecule has 1 saturated heterocycles. The van der Waals surface area contributed by atoms with Crippen molar-refractivity contribution in [3.8, 4) is 0 Å². The van der Waals surface area contributed by atoms with E-state index in [0.717, 1.165) is 23.8 Å². The number of nitrogens with one attached hydrogen (secondary N) is 2. The summed E-state index contributed by atoms with van der Waals surface area (Å²) in [7, 11) is 0. The molecule has 0 aliphatic carbocycles. The molecule has 8 nitrogen and oxygen atoms in total. The Balaban J connectivity index is 1.33. The van der Waals surface area contributed by atoms with Gasteiger partial charge in [-0.1, -0.05) is 25.5 Å². The van der Waals surface area contributed by atoms with E-state index in [1.807, 2.05) is 6.92 Å². The van der Waals surface area contributed by atoms with Gasteiger partial charge in [0.25, 0.3) is 5.91 Å². The molecule has 1 aliphatic rings. The van der Waals surface area contributed by atoms with Crippen molar-refractivity contribution in [1.82, 2.24) is 10.6 Å². The second-order valence-corrected chi connectivity index (χ2v) is 9.67. The number of Topliss-reactive ketones (excluding diaryl/α,β-unsaturated/α-hetero) is 1. The SMILES string of the molecule is CC(CC(=O)CCCCCNC(=O)[C@H]1OC(=O)N[C@@H]1Cc1ccc(C(=O)O)cc1)Cc1cc(F)ccc1F. The minimum Gasteiger partial charge on any atom is -0.478 e. The lowest BCUT2D eigenvalue weighted by Crippen LogP contribution is -2.44. The number of ketones is 1. The van der Waals surface area contributed by atoms with E-state index >= 15 is 0 Å². The maximum atomic E-state index is 13.8. The minimum absolute atomic E-state index is 0.0570. The van der Waals surface area contributed by atoms with Gasteiger partial charge in [0.15, 0.2) is 0 Å². The van der Waals surface area contributed by atoms with Crippen LogP contribution >= 0.6 is 0 Å². The fourth-order valence-corrected chi connectivity index (χ4v) is 4.46. The van der Waals surface area contributed by atoms with Crippen LogP contribution in [0.25, 0.3) is 0 Å². The highest BCUT2D eigenvalue weighted by molar-refractivity contribution is 5.88. The Morgan fingerprint density at radius 2 is 1.82 bits per heavy atom. The zero-order valence-electron chi connectivity index (χ0n) is 21.2. The van der Waals surface area contributed by atoms with Crippen LogP contribution in [-0.2, 0) is 27.2 Å². The molecule has 204 valence electrons. The van der Waals surface area contributed by atoms with Crippen molar-refractivity contribution in [3.63, 3.8) is 0 Å². The smallest absolute Gasteiger partial charge is 0.408 e. The largest absolute Gasteiger partial charge is 0.478 e.